The van der Waals surface area contributed by atoms with Gasteiger partial charge in [0.25, 0.3) is 5.91 Å². The molecule has 0 fully saturated rings. The van der Waals surface area contributed by atoms with Gasteiger partial charge in [-0.05, 0) is 42.7 Å². The number of hydrogen-bond acceptors (Lipinski definition) is 6. The van der Waals surface area contributed by atoms with Crippen LogP contribution in [0.5, 0.6) is 0 Å². The lowest BCUT2D eigenvalue weighted by Gasteiger charge is -2.26. The fraction of sp³-hybridized carbons (Fsp3) is 0.379. The molecule has 0 spiro atoms. The van der Waals surface area contributed by atoms with Crippen molar-refractivity contribution in [3.63, 3.8) is 0 Å². The van der Waals surface area contributed by atoms with Gasteiger partial charge in [0.05, 0.1) is 6.04 Å². The first-order valence-corrected chi connectivity index (χ1v) is 13.0. The van der Waals surface area contributed by atoms with Crippen LogP contribution in [0.15, 0.2) is 71.3 Å². The number of aryl methyl sites for hydroxylation is 1. The second kappa shape index (κ2) is 14.7. The third kappa shape index (κ3) is 9.57. The molecule has 3 rings (SSSR count). The fourth-order valence-electron chi connectivity index (χ4n) is 4.17. The monoisotopic (exact) mass is 536 g/mol. The standard InChI is InChI=1S/C29H36N4O6/c1-19(2)17-23(33-29(37)38)27(36)31-22(14-13-20-9-5-3-6-10-20)25(34)28-32-24(18-39-28)26(35)30-16-15-21-11-7-4-8-12-21/h3-12,18-19,22-23,25,33-34H,13-17H2,1-2H3,(H,30,35)(H,31,36)(H,37,38). The average Bonchev–Trinajstić information content (AvgIpc) is 3.41. The number of carbonyl (C=O) groups excluding carboxylic acids is 2. The Morgan fingerprint density at radius 2 is 1.54 bits per heavy atom. The van der Waals surface area contributed by atoms with E-state index in [9.17, 15) is 24.6 Å². The Morgan fingerprint density at radius 1 is 0.923 bits per heavy atom. The highest BCUT2D eigenvalue weighted by molar-refractivity contribution is 5.91. The van der Waals surface area contributed by atoms with E-state index in [1.165, 1.54) is 6.26 Å². The zero-order chi connectivity index (χ0) is 28.2. The summed E-state index contributed by atoms with van der Waals surface area (Å²) in [5.74, 6) is -1.07. The lowest BCUT2D eigenvalue weighted by Crippen LogP contribution is -2.51. The molecule has 3 aromatic rings. The molecule has 0 saturated carbocycles. The number of nitrogens with zero attached hydrogens (tertiary/aromatic N) is 1. The third-order valence-electron chi connectivity index (χ3n) is 6.17. The first kappa shape index (κ1) is 29.4. The van der Waals surface area contributed by atoms with Gasteiger partial charge in [-0.2, -0.15) is 0 Å². The van der Waals surface area contributed by atoms with Crippen molar-refractivity contribution in [1.29, 1.82) is 0 Å². The summed E-state index contributed by atoms with van der Waals surface area (Å²) < 4.78 is 5.43. The zero-order valence-electron chi connectivity index (χ0n) is 22.2. The number of carbonyl (C=O) groups is 3. The maximum atomic E-state index is 13.1. The van der Waals surface area contributed by atoms with Crippen molar-refractivity contribution in [2.75, 3.05) is 6.54 Å². The summed E-state index contributed by atoms with van der Waals surface area (Å²) in [7, 11) is 0. The van der Waals surface area contributed by atoms with Crippen LogP contribution in [0.25, 0.3) is 0 Å². The summed E-state index contributed by atoms with van der Waals surface area (Å²) in [5.41, 5.74) is 2.09. The van der Waals surface area contributed by atoms with Gasteiger partial charge in [0.1, 0.15) is 12.3 Å². The second-order valence-electron chi connectivity index (χ2n) is 9.78. The van der Waals surface area contributed by atoms with E-state index in [0.717, 1.165) is 11.1 Å². The number of benzene rings is 2. The summed E-state index contributed by atoms with van der Waals surface area (Å²) in [6, 6.07) is 17.4. The number of nitrogens with one attached hydrogen (secondary N) is 3. The smallest absolute Gasteiger partial charge is 0.405 e. The Kier molecular flexibility index (Phi) is 11.1. The van der Waals surface area contributed by atoms with Crippen molar-refractivity contribution in [3.8, 4) is 0 Å². The molecule has 0 saturated heterocycles. The van der Waals surface area contributed by atoms with Crippen molar-refractivity contribution in [1.82, 2.24) is 20.9 Å². The summed E-state index contributed by atoms with van der Waals surface area (Å²) in [4.78, 5) is 41.1. The van der Waals surface area contributed by atoms with Crippen molar-refractivity contribution >= 4 is 17.9 Å². The van der Waals surface area contributed by atoms with Crippen molar-refractivity contribution in [2.45, 2.75) is 57.7 Å². The van der Waals surface area contributed by atoms with E-state index >= 15 is 0 Å². The van der Waals surface area contributed by atoms with Gasteiger partial charge < -0.3 is 30.6 Å². The van der Waals surface area contributed by atoms with Crippen LogP contribution < -0.4 is 16.0 Å². The van der Waals surface area contributed by atoms with Crippen molar-refractivity contribution in [3.05, 3.63) is 89.6 Å². The van der Waals surface area contributed by atoms with E-state index in [4.69, 9.17) is 4.42 Å². The average molecular weight is 537 g/mol. The molecule has 5 N–H and O–H groups in total. The quantitative estimate of drug-likeness (QED) is 0.211. The van der Waals surface area contributed by atoms with E-state index in [1.807, 2.05) is 74.5 Å². The number of amides is 3. The normalized spacial score (nSPS) is 13.3. The largest absolute Gasteiger partial charge is 0.465 e. The van der Waals surface area contributed by atoms with Crippen LogP contribution in [-0.2, 0) is 17.6 Å². The number of oxazole rings is 1. The predicted octanol–water partition coefficient (Wildman–Crippen LogP) is 3.48. The molecule has 0 bridgehead atoms. The molecule has 1 heterocycles. The minimum absolute atomic E-state index is 0.00970. The second-order valence-corrected chi connectivity index (χ2v) is 9.78. The molecule has 0 aliphatic rings. The molecule has 0 aliphatic carbocycles. The number of hydrogen-bond donors (Lipinski definition) is 5. The topological polar surface area (TPSA) is 154 Å². The van der Waals surface area contributed by atoms with Gasteiger partial charge in [0.2, 0.25) is 11.8 Å². The van der Waals surface area contributed by atoms with Gasteiger partial charge in [0, 0.05) is 6.54 Å². The highest BCUT2D eigenvalue weighted by Gasteiger charge is 2.31. The summed E-state index contributed by atoms with van der Waals surface area (Å²) in [6.45, 7) is 4.16. The molecule has 0 radical (unpaired) electrons. The van der Waals surface area contributed by atoms with Gasteiger partial charge >= 0.3 is 6.09 Å². The minimum atomic E-state index is -1.37. The number of rotatable bonds is 14. The van der Waals surface area contributed by atoms with Gasteiger partial charge in [-0.1, -0.05) is 74.5 Å². The van der Waals surface area contributed by atoms with Crippen LogP contribution in [0.4, 0.5) is 4.79 Å². The lowest BCUT2D eigenvalue weighted by atomic mass is 9.99. The number of aromatic nitrogens is 1. The molecule has 1 aromatic heterocycles. The molecule has 10 nitrogen and oxygen atoms in total. The van der Waals surface area contributed by atoms with Gasteiger partial charge in [-0.15, -0.1) is 0 Å². The Balaban J connectivity index is 1.69. The first-order chi connectivity index (χ1) is 18.7. The highest BCUT2D eigenvalue weighted by atomic mass is 16.4. The van der Waals surface area contributed by atoms with E-state index in [1.54, 1.807) is 0 Å². The SMILES string of the molecule is CC(C)CC(NC(=O)O)C(=O)NC(CCc1ccccc1)C(O)c1nc(C(=O)NCCc2ccccc2)co1. The van der Waals surface area contributed by atoms with Crippen molar-refractivity contribution in [2.24, 2.45) is 5.92 Å². The van der Waals surface area contributed by atoms with Gasteiger partial charge in [-0.3, -0.25) is 9.59 Å². The van der Waals surface area contributed by atoms with E-state index in [-0.39, 0.29) is 23.9 Å². The molecule has 3 amide bonds. The molecule has 3 unspecified atom stereocenters. The Hall–Kier alpha value is -4.18. The number of carboxylic acid groups (broad SMARTS) is 1. The Labute approximate surface area is 227 Å². The van der Waals surface area contributed by atoms with Gasteiger partial charge in [0.15, 0.2) is 11.8 Å². The fourth-order valence-corrected chi connectivity index (χ4v) is 4.17. The van der Waals surface area contributed by atoms with Crippen LogP contribution in [0.2, 0.25) is 0 Å². The maximum absolute atomic E-state index is 13.1. The molecule has 39 heavy (non-hydrogen) atoms. The molecular weight excluding hydrogens is 500 g/mol. The molecular formula is C29H36N4O6. The Bertz CT molecular complexity index is 1200. The molecule has 2 aromatic carbocycles. The molecule has 208 valence electrons. The van der Waals surface area contributed by atoms with E-state index in [0.29, 0.717) is 25.8 Å². The summed E-state index contributed by atoms with van der Waals surface area (Å²) in [6.07, 6.45) is 0.263. The van der Waals surface area contributed by atoms with Crippen molar-refractivity contribution < 1.29 is 29.0 Å². The highest BCUT2D eigenvalue weighted by Crippen LogP contribution is 2.21. The van der Waals surface area contributed by atoms with Crippen LogP contribution in [0.3, 0.4) is 0 Å². The summed E-state index contributed by atoms with van der Waals surface area (Å²) >= 11 is 0. The van der Waals surface area contributed by atoms with Crippen LogP contribution in [0.1, 0.15) is 60.3 Å². The van der Waals surface area contributed by atoms with E-state index < -0.39 is 36.1 Å². The van der Waals surface area contributed by atoms with Gasteiger partial charge in [-0.25, -0.2) is 9.78 Å². The minimum Gasteiger partial charge on any atom is -0.465 e. The lowest BCUT2D eigenvalue weighted by molar-refractivity contribution is -0.125. The number of aliphatic hydroxyl groups is 1. The maximum Gasteiger partial charge on any atom is 0.405 e. The number of aliphatic hydroxyl groups excluding tert-OH is 1. The molecule has 3 atom stereocenters. The predicted molar refractivity (Wildman–Crippen MR) is 145 cm³/mol. The van der Waals surface area contributed by atoms with Crippen LogP contribution >= 0.6 is 0 Å². The van der Waals surface area contributed by atoms with Crippen LogP contribution in [-0.4, -0.2) is 51.7 Å². The third-order valence-corrected chi connectivity index (χ3v) is 6.17. The molecule has 0 aliphatic heterocycles. The summed E-state index contributed by atoms with van der Waals surface area (Å²) in [5, 5.41) is 28.1. The van der Waals surface area contributed by atoms with Crippen LogP contribution in [0, 0.1) is 5.92 Å². The zero-order valence-corrected chi connectivity index (χ0v) is 22.2. The Morgan fingerprint density at radius 3 is 2.13 bits per heavy atom. The molecule has 10 heteroatoms. The van der Waals surface area contributed by atoms with E-state index in [2.05, 4.69) is 20.9 Å². The first-order valence-electron chi connectivity index (χ1n) is 13.0.